The molecule has 1 N–H and O–H groups in total. The number of rotatable bonds is 4. The van der Waals surface area contributed by atoms with E-state index in [1.54, 1.807) is 37.3 Å². The summed E-state index contributed by atoms with van der Waals surface area (Å²) >= 11 is 0. The average Bonchev–Trinajstić information content (AvgIpc) is 2.86. The fourth-order valence-corrected chi connectivity index (χ4v) is 2.02. The van der Waals surface area contributed by atoms with Crippen LogP contribution in [-0.4, -0.2) is 17.5 Å². The standard InChI is InChI=1S/C16H13FN2O3/c1-10-18-13-7-6-11(8-15(13)22-10)19-16(20)9-21-14-5-3-2-4-12(14)17/h2-8H,9H2,1H3,(H,19,20). The van der Waals surface area contributed by atoms with Gasteiger partial charge in [-0.25, -0.2) is 9.37 Å². The molecule has 112 valence electrons. The number of hydrogen-bond acceptors (Lipinski definition) is 4. The number of halogens is 1. The number of nitrogens with one attached hydrogen (secondary N) is 1. The van der Waals surface area contributed by atoms with E-state index in [1.807, 2.05) is 0 Å². The normalized spacial score (nSPS) is 10.6. The third-order valence-electron chi connectivity index (χ3n) is 2.97. The number of anilines is 1. The molecule has 0 radical (unpaired) electrons. The van der Waals surface area contributed by atoms with E-state index in [-0.39, 0.29) is 18.3 Å². The van der Waals surface area contributed by atoms with Gasteiger partial charge in [0, 0.05) is 18.7 Å². The monoisotopic (exact) mass is 300 g/mol. The maximum atomic E-state index is 13.4. The van der Waals surface area contributed by atoms with Crippen LogP contribution in [0.15, 0.2) is 46.9 Å². The van der Waals surface area contributed by atoms with Crippen molar-refractivity contribution in [3.63, 3.8) is 0 Å². The Labute approximate surface area is 125 Å². The van der Waals surface area contributed by atoms with Gasteiger partial charge < -0.3 is 14.5 Å². The van der Waals surface area contributed by atoms with Crippen molar-refractivity contribution in [1.29, 1.82) is 0 Å². The van der Waals surface area contributed by atoms with E-state index in [4.69, 9.17) is 9.15 Å². The Morgan fingerprint density at radius 1 is 1.32 bits per heavy atom. The number of amides is 1. The number of nitrogens with zero attached hydrogens (tertiary/aromatic N) is 1. The van der Waals surface area contributed by atoms with Gasteiger partial charge in [0.1, 0.15) is 5.52 Å². The van der Waals surface area contributed by atoms with Crippen LogP contribution >= 0.6 is 0 Å². The van der Waals surface area contributed by atoms with Crippen molar-refractivity contribution in [3.8, 4) is 5.75 Å². The zero-order valence-electron chi connectivity index (χ0n) is 11.8. The van der Waals surface area contributed by atoms with E-state index >= 15 is 0 Å². The first-order chi connectivity index (χ1) is 10.6. The van der Waals surface area contributed by atoms with Gasteiger partial charge in [-0.1, -0.05) is 12.1 Å². The second-order valence-corrected chi connectivity index (χ2v) is 4.68. The van der Waals surface area contributed by atoms with Crippen LogP contribution in [0.5, 0.6) is 5.75 Å². The Morgan fingerprint density at radius 3 is 2.95 bits per heavy atom. The summed E-state index contributed by atoms with van der Waals surface area (Å²) in [7, 11) is 0. The largest absolute Gasteiger partial charge is 0.481 e. The summed E-state index contributed by atoms with van der Waals surface area (Å²) in [5.74, 6) is -0.298. The molecule has 0 aliphatic rings. The van der Waals surface area contributed by atoms with E-state index in [9.17, 15) is 9.18 Å². The van der Waals surface area contributed by atoms with Gasteiger partial charge in [-0.15, -0.1) is 0 Å². The Bertz CT molecular complexity index is 829. The maximum absolute atomic E-state index is 13.4. The number of hydrogen-bond donors (Lipinski definition) is 1. The summed E-state index contributed by atoms with van der Waals surface area (Å²) in [5.41, 5.74) is 1.87. The lowest BCUT2D eigenvalue weighted by Crippen LogP contribution is -2.20. The molecule has 0 unspecified atom stereocenters. The summed E-state index contributed by atoms with van der Waals surface area (Å²) < 4.78 is 23.9. The molecular weight excluding hydrogens is 287 g/mol. The van der Waals surface area contributed by atoms with E-state index in [0.717, 1.165) is 5.52 Å². The number of para-hydroxylation sites is 1. The number of oxazole rings is 1. The first kappa shape index (κ1) is 14.1. The van der Waals surface area contributed by atoms with Crippen LogP contribution in [0.25, 0.3) is 11.1 Å². The maximum Gasteiger partial charge on any atom is 0.262 e. The lowest BCUT2D eigenvalue weighted by molar-refractivity contribution is -0.118. The van der Waals surface area contributed by atoms with Crippen LogP contribution in [-0.2, 0) is 4.79 Å². The van der Waals surface area contributed by atoms with Crippen LogP contribution in [0.1, 0.15) is 5.89 Å². The van der Waals surface area contributed by atoms with Gasteiger partial charge in [-0.3, -0.25) is 4.79 Å². The quantitative estimate of drug-likeness (QED) is 0.803. The smallest absolute Gasteiger partial charge is 0.262 e. The highest BCUT2D eigenvalue weighted by atomic mass is 19.1. The van der Waals surface area contributed by atoms with Crippen molar-refractivity contribution in [1.82, 2.24) is 4.98 Å². The third kappa shape index (κ3) is 3.06. The zero-order chi connectivity index (χ0) is 15.5. The number of fused-ring (bicyclic) bond motifs is 1. The van der Waals surface area contributed by atoms with Crippen LogP contribution in [0.2, 0.25) is 0 Å². The fraction of sp³-hybridized carbons (Fsp3) is 0.125. The first-order valence-electron chi connectivity index (χ1n) is 6.66. The summed E-state index contributed by atoms with van der Waals surface area (Å²) in [6.45, 7) is 1.47. The molecule has 2 aromatic carbocycles. The Morgan fingerprint density at radius 2 is 2.14 bits per heavy atom. The number of benzene rings is 2. The molecule has 22 heavy (non-hydrogen) atoms. The minimum atomic E-state index is -0.506. The highest BCUT2D eigenvalue weighted by molar-refractivity contribution is 5.93. The van der Waals surface area contributed by atoms with Crippen molar-refractivity contribution < 1.29 is 18.3 Å². The van der Waals surface area contributed by atoms with Crippen LogP contribution < -0.4 is 10.1 Å². The summed E-state index contributed by atoms with van der Waals surface area (Å²) in [4.78, 5) is 16.0. The van der Waals surface area contributed by atoms with Gasteiger partial charge in [0.25, 0.3) is 5.91 Å². The van der Waals surface area contributed by atoms with E-state index in [2.05, 4.69) is 10.3 Å². The Hall–Kier alpha value is -2.89. The SMILES string of the molecule is Cc1nc2ccc(NC(=O)COc3ccccc3F)cc2o1. The molecule has 5 nitrogen and oxygen atoms in total. The van der Waals surface area contributed by atoms with Gasteiger partial charge in [0.2, 0.25) is 0 Å². The number of carbonyl (C=O) groups excluding carboxylic acids is 1. The number of carbonyl (C=O) groups is 1. The van der Waals surface area contributed by atoms with Crippen molar-refractivity contribution in [2.24, 2.45) is 0 Å². The molecule has 1 aromatic heterocycles. The molecule has 1 heterocycles. The molecule has 0 atom stereocenters. The van der Waals surface area contributed by atoms with Gasteiger partial charge in [-0.2, -0.15) is 0 Å². The lowest BCUT2D eigenvalue weighted by atomic mass is 10.3. The molecule has 0 saturated carbocycles. The van der Waals surface area contributed by atoms with Gasteiger partial charge in [0.15, 0.2) is 29.6 Å². The van der Waals surface area contributed by atoms with E-state index in [0.29, 0.717) is 17.2 Å². The molecule has 0 aliphatic carbocycles. The average molecular weight is 300 g/mol. The molecule has 1 amide bonds. The van der Waals surface area contributed by atoms with Gasteiger partial charge in [-0.05, 0) is 24.3 Å². The molecule has 0 saturated heterocycles. The molecule has 0 aliphatic heterocycles. The molecule has 0 spiro atoms. The molecule has 3 rings (SSSR count). The van der Waals surface area contributed by atoms with Crippen molar-refractivity contribution in [3.05, 3.63) is 54.2 Å². The highest BCUT2D eigenvalue weighted by Gasteiger charge is 2.08. The minimum absolute atomic E-state index is 0.0407. The molecule has 6 heteroatoms. The summed E-state index contributed by atoms with van der Waals surface area (Å²) in [5, 5.41) is 2.66. The first-order valence-corrected chi connectivity index (χ1v) is 6.66. The van der Waals surface area contributed by atoms with Crippen molar-refractivity contribution in [2.75, 3.05) is 11.9 Å². The van der Waals surface area contributed by atoms with Crippen molar-refractivity contribution >= 4 is 22.7 Å². The number of aromatic nitrogens is 1. The van der Waals surface area contributed by atoms with Crippen LogP contribution in [0, 0.1) is 12.7 Å². The van der Waals surface area contributed by atoms with Crippen molar-refractivity contribution in [2.45, 2.75) is 6.92 Å². The number of aryl methyl sites for hydroxylation is 1. The second kappa shape index (κ2) is 5.85. The topological polar surface area (TPSA) is 64.4 Å². The van der Waals surface area contributed by atoms with E-state index < -0.39 is 5.82 Å². The molecule has 3 aromatic rings. The number of ether oxygens (including phenoxy) is 1. The molecule has 0 fully saturated rings. The van der Waals surface area contributed by atoms with E-state index in [1.165, 1.54) is 12.1 Å². The summed E-state index contributed by atoms with van der Waals surface area (Å²) in [6, 6.07) is 11.1. The predicted molar refractivity (Wildman–Crippen MR) is 79.3 cm³/mol. The van der Waals surface area contributed by atoms with Gasteiger partial charge >= 0.3 is 0 Å². The van der Waals surface area contributed by atoms with Crippen LogP contribution in [0.4, 0.5) is 10.1 Å². The van der Waals surface area contributed by atoms with Gasteiger partial charge in [0.05, 0.1) is 0 Å². The molecular formula is C16H13FN2O3. The minimum Gasteiger partial charge on any atom is -0.481 e. The summed E-state index contributed by atoms with van der Waals surface area (Å²) in [6.07, 6.45) is 0. The van der Waals surface area contributed by atoms with Crippen LogP contribution in [0.3, 0.4) is 0 Å². The second-order valence-electron chi connectivity index (χ2n) is 4.68. The zero-order valence-corrected chi connectivity index (χ0v) is 11.8. The third-order valence-corrected chi connectivity index (χ3v) is 2.97. The lowest BCUT2D eigenvalue weighted by Gasteiger charge is -2.07. The Kier molecular flexibility index (Phi) is 3.74. The fourth-order valence-electron chi connectivity index (χ4n) is 2.02. The molecule has 0 bridgehead atoms. The Balaban J connectivity index is 1.64. The highest BCUT2D eigenvalue weighted by Crippen LogP contribution is 2.20. The predicted octanol–water partition coefficient (Wildman–Crippen LogP) is 3.29.